The Morgan fingerprint density at radius 1 is 1.09 bits per heavy atom. The maximum atomic E-state index is 6.80. The van der Waals surface area contributed by atoms with E-state index in [1.807, 2.05) is 0 Å². The van der Waals surface area contributed by atoms with Gasteiger partial charge in [0, 0.05) is 0 Å². The minimum Gasteiger partial charge on any atom is -0.413 e. The smallest absolute Gasteiger partial charge is 0.192 e. The van der Waals surface area contributed by atoms with Gasteiger partial charge in [-0.2, -0.15) is 0 Å². The van der Waals surface area contributed by atoms with Crippen molar-refractivity contribution < 1.29 is 4.43 Å². The molecule has 0 N–H and O–H groups in total. The lowest BCUT2D eigenvalue weighted by molar-refractivity contribution is 0.273. The van der Waals surface area contributed by atoms with Gasteiger partial charge in [-0.25, -0.2) is 0 Å². The highest BCUT2D eigenvalue weighted by molar-refractivity contribution is 6.81. The van der Waals surface area contributed by atoms with Crippen molar-refractivity contribution in [1.82, 2.24) is 0 Å². The average molecular weight is 335 g/mol. The van der Waals surface area contributed by atoms with Gasteiger partial charge in [-0.3, -0.25) is 0 Å². The van der Waals surface area contributed by atoms with Gasteiger partial charge in [0.1, 0.15) is 0 Å². The number of hydrogen-bond acceptors (Lipinski definition) is 1. The van der Waals surface area contributed by atoms with Crippen molar-refractivity contribution in [3.63, 3.8) is 0 Å². The van der Waals surface area contributed by atoms with Crippen molar-refractivity contribution in [2.45, 2.75) is 70.7 Å². The molecule has 0 aliphatic heterocycles. The fraction of sp³-hybridized carbons (Fsp3) is 0.579. The first-order valence-electron chi connectivity index (χ1n) is 8.24. The van der Waals surface area contributed by atoms with Crippen LogP contribution in [0.15, 0.2) is 42.5 Å². The second-order valence-corrected chi connectivity index (χ2v) is 18.4. The molecule has 1 rings (SSSR count). The zero-order chi connectivity index (χ0) is 17.2. The van der Waals surface area contributed by atoms with Crippen LogP contribution in [-0.2, 0) is 10.5 Å². The van der Waals surface area contributed by atoms with Crippen molar-refractivity contribution in [3.8, 4) is 0 Å². The van der Waals surface area contributed by atoms with Gasteiger partial charge >= 0.3 is 0 Å². The molecule has 0 heterocycles. The van der Waals surface area contributed by atoms with Gasteiger partial charge in [0.25, 0.3) is 0 Å². The van der Waals surface area contributed by atoms with Crippen molar-refractivity contribution in [2.75, 3.05) is 0 Å². The van der Waals surface area contributed by atoms with Crippen LogP contribution in [0, 0.1) is 0 Å². The van der Waals surface area contributed by atoms with Crippen LogP contribution in [0.3, 0.4) is 0 Å². The summed E-state index contributed by atoms with van der Waals surface area (Å²) in [6.07, 6.45) is 0. The monoisotopic (exact) mass is 334 g/mol. The average Bonchev–Trinajstić information content (AvgIpc) is 2.34. The first kappa shape index (κ1) is 19.4. The highest BCUT2D eigenvalue weighted by Gasteiger charge is 2.43. The van der Waals surface area contributed by atoms with E-state index in [0.717, 1.165) is 6.04 Å². The van der Waals surface area contributed by atoms with Gasteiger partial charge in [-0.15, -0.1) is 0 Å². The van der Waals surface area contributed by atoms with Crippen LogP contribution in [0.1, 0.15) is 33.3 Å². The third kappa shape index (κ3) is 4.93. The molecule has 0 bridgehead atoms. The molecule has 0 amide bonds. The molecule has 0 fully saturated rings. The summed E-state index contributed by atoms with van der Waals surface area (Å²) in [4.78, 5) is 0. The first-order chi connectivity index (χ1) is 9.87. The first-order valence-corrected chi connectivity index (χ1v) is 14.4. The maximum absolute atomic E-state index is 6.80. The molecule has 0 aliphatic rings. The summed E-state index contributed by atoms with van der Waals surface area (Å²) in [7, 11) is -3.40. The zero-order valence-corrected chi connectivity index (χ0v) is 17.8. The van der Waals surface area contributed by atoms with Gasteiger partial charge in [0.05, 0.1) is 13.8 Å². The minimum absolute atomic E-state index is 0.230. The Balaban J connectivity index is 3.02. The molecular formula is C19H34OSi2. The molecule has 1 aromatic carbocycles. The zero-order valence-electron chi connectivity index (χ0n) is 15.8. The largest absolute Gasteiger partial charge is 0.413 e. The third-order valence-electron chi connectivity index (χ3n) is 4.88. The summed E-state index contributed by atoms with van der Waals surface area (Å²) in [6.45, 7) is 22.9. The van der Waals surface area contributed by atoms with Crippen LogP contribution in [0.2, 0.25) is 31.2 Å². The van der Waals surface area contributed by atoms with E-state index < -0.39 is 16.4 Å². The lowest BCUT2D eigenvalue weighted by atomic mass is 10.2. The second kappa shape index (κ2) is 6.85. The summed E-state index contributed by atoms with van der Waals surface area (Å²) < 4.78 is 6.80. The Bertz CT molecular complexity index is 498. The van der Waals surface area contributed by atoms with Crippen LogP contribution in [0.5, 0.6) is 0 Å². The van der Waals surface area contributed by atoms with Gasteiger partial charge in [0.2, 0.25) is 0 Å². The van der Waals surface area contributed by atoms with Crippen LogP contribution >= 0.6 is 0 Å². The van der Waals surface area contributed by atoms with Crippen LogP contribution in [0.25, 0.3) is 0 Å². The van der Waals surface area contributed by atoms with Gasteiger partial charge in [-0.1, -0.05) is 81.9 Å². The standard InChI is InChI=1S/C19H34OSi2/c1-16(2)18(20-22(8,9)19(3,4)5)21(6,7)15-17-13-11-10-12-14-17/h10-14,18H,1,15H2,2-9H3. The van der Waals surface area contributed by atoms with Crippen molar-refractivity contribution >= 4 is 16.4 Å². The summed E-state index contributed by atoms with van der Waals surface area (Å²) >= 11 is 0. The van der Waals surface area contributed by atoms with Gasteiger partial charge < -0.3 is 4.43 Å². The van der Waals surface area contributed by atoms with Crippen LogP contribution < -0.4 is 0 Å². The summed E-state index contributed by atoms with van der Waals surface area (Å²) in [6, 6.07) is 11.9. The van der Waals surface area contributed by atoms with E-state index in [2.05, 4.69) is 90.8 Å². The lowest BCUT2D eigenvalue weighted by Crippen LogP contribution is -2.54. The second-order valence-electron chi connectivity index (χ2n) is 8.76. The van der Waals surface area contributed by atoms with Gasteiger partial charge in [-0.05, 0) is 31.1 Å². The van der Waals surface area contributed by atoms with E-state index in [9.17, 15) is 0 Å². The normalized spacial score (nSPS) is 14.7. The van der Waals surface area contributed by atoms with E-state index in [1.54, 1.807) is 0 Å². The predicted octanol–water partition coefficient (Wildman–Crippen LogP) is 5.98. The SMILES string of the molecule is C=C(C)C(O[Si](C)(C)C(C)(C)C)[Si](C)(C)Cc1ccccc1. The van der Waals surface area contributed by atoms with Crippen molar-refractivity contribution in [3.05, 3.63) is 48.0 Å². The lowest BCUT2D eigenvalue weighted by Gasteiger charge is -2.44. The van der Waals surface area contributed by atoms with E-state index in [4.69, 9.17) is 4.43 Å². The Morgan fingerprint density at radius 3 is 2.00 bits per heavy atom. The minimum atomic E-state index is -1.78. The van der Waals surface area contributed by atoms with Crippen molar-refractivity contribution in [2.24, 2.45) is 0 Å². The molecular weight excluding hydrogens is 300 g/mol. The molecule has 1 aromatic rings. The molecule has 124 valence electrons. The van der Waals surface area contributed by atoms with Gasteiger partial charge in [0.15, 0.2) is 8.32 Å². The summed E-state index contributed by atoms with van der Waals surface area (Å²) in [5.41, 5.74) is 2.84. The fourth-order valence-electron chi connectivity index (χ4n) is 2.61. The third-order valence-corrected chi connectivity index (χ3v) is 12.9. The summed E-state index contributed by atoms with van der Waals surface area (Å²) in [5.74, 6) is 0. The molecule has 1 nitrogen and oxygen atoms in total. The molecule has 3 heteroatoms. The van der Waals surface area contributed by atoms with E-state index in [1.165, 1.54) is 11.1 Å². The Kier molecular flexibility index (Phi) is 6.04. The number of rotatable bonds is 6. The molecule has 0 radical (unpaired) electrons. The molecule has 0 aromatic heterocycles. The Morgan fingerprint density at radius 2 is 1.59 bits per heavy atom. The predicted molar refractivity (Wildman–Crippen MR) is 105 cm³/mol. The fourth-order valence-corrected chi connectivity index (χ4v) is 8.72. The van der Waals surface area contributed by atoms with Crippen LogP contribution in [0.4, 0.5) is 0 Å². The van der Waals surface area contributed by atoms with E-state index >= 15 is 0 Å². The molecule has 0 saturated carbocycles. The maximum Gasteiger partial charge on any atom is 0.192 e. The molecule has 0 spiro atoms. The molecule has 1 unspecified atom stereocenters. The molecule has 0 saturated heterocycles. The highest BCUT2D eigenvalue weighted by Crippen LogP contribution is 2.39. The van der Waals surface area contributed by atoms with Crippen LogP contribution in [-0.4, -0.2) is 22.1 Å². The number of benzene rings is 1. The van der Waals surface area contributed by atoms with E-state index in [-0.39, 0.29) is 10.8 Å². The highest BCUT2D eigenvalue weighted by atomic mass is 28.4. The summed E-state index contributed by atoms with van der Waals surface area (Å²) in [5, 5.41) is 0.234. The number of hydrogen-bond donors (Lipinski definition) is 0. The quantitative estimate of drug-likeness (QED) is 0.459. The molecule has 1 atom stereocenters. The Labute approximate surface area is 139 Å². The van der Waals surface area contributed by atoms with Crippen molar-refractivity contribution in [1.29, 1.82) is 0 Å². The van der Waals surface area contributed by atoms with E-state index in [0.29, 0.717) is 0 Å². The Hall–Kier alpha value is -0.646. The molecule has 0 aliphatic carbocycles. The topological polar surface area (TPSA) is 9.23 Å². The molecule has 22 heavy (non-hydrogen) atoms.